The second-order valence-corrected chi connectivity index (χ2v) is 4.04. The first kappa shape index (κ1) is 12.9. The van der Waals surface area contributed by atoms with E-state index in [9.17, 15) is 0 Å². The fourth-order valence-corrected chi connectivity index (χ4v) is 1.18. The summed E-state index contributed by atoms with van der Waals surface area (Å²) in [7, 11) is 0. The summed E-state index contributed by atoms with van der Waals surface area (Å²) >= 11 is 0. The predicted molar refractivity (Wildman–Crippen MR) is 66.0 cm³/mol. The molecule has 0 aliphatic heterocycles. The highest BCUT2D eigenvalue weighted by molar-refractivity contribution is 5.38. The van der Waals surface area contributed by atoms with Crippen LogP contribution in [0.2, 0.25) is 0 Å². The van der Waals surface area contributed by atoms with E-state index in [0.29, 0.717) is 0 Å². The minimum atomic E-state index is 0.193. The van der Waals surface area contributed by atoms with Crippen molar-refractivity contribution in [3.63, 3.8) is 0 Å². The Bertz CT molecular complexity index is 278. The molecule has 2 heteroatoms. The van der Waals surface area contributed by atoms with Crippen molar-refractivity contribution in [2.75, 3.05) is 0 Å². The van der Waals surface area contributed by atoms with Gasteiger partial charge in [0.05, 0.1) is 12.2 Å². The third kappa shape index (κ3) is 3.76. The number of hydrogen-bond donors (Lipinski definition) is 0. The molecule has 0 amide bonds. The molecule has 0 heterocycles. The van der Waals surface area contributed by atoms with Gasteiger partial charge in [-0.05, 0) is 32.8 Å². The molecule has 2 atom stereocenters. The molecule has 0 saturated heterocycles. The van der Waals surface area contributed by atoms with Gasteiger partial charge in [-0.2, -0.15) is 0 Å². The van der Waals surface area contributed by atoms with Gasteiger partial charge in [-0.1, -0.05) is 26.0 Å². The fourth-order valence-electron chi connectivity index (χ4n) is 1.18. The molecule has 16 heavy (non-hydrogen) atoms. The molecule has 1 aromatic rings. The van der Waals surface area contributed by atoms with Gasteiger partial charge in [0.15, 0.2) is 11.5 Å². The molecule has 0 saturated carbocycles. The Labute approximate surface area is 98.6 Å². The van der Waals surface area contributed by atoms with Gasteiger partial charge in [-0.15, -0.1) is 0 Å². The van der Waals surface area contributed by atoms with Crippen LogP contribution in [-0.2, 0) is 0 Å². The van der Waals surface area contributed by atoms with E-state index in [-0.39, 0.29) is 12.2 Å². The van der Waals surface area contributed by atoms with Crippen molar-refractivity contribution in [3.05, 3.63) is 24.3 Å². The van der Waals surface area contributed by atoms with Crippen LogP contribution in [0.1, 0.15) is 40.5 Å². The predicted octanol–water partition coefficient (Wildman–Crippen LogP) is 3.84. The molecule has 1 rings (SSSR count). The lowest BCUT2D eigenvalue weighted by Gasteiger charge is -2.18. The highest BCUT2D eigenvalue weighted by Gasteiger charge is 2.10. The maximum Gasteiger partial charge on any atom is 0.169 e. The summed E-state index contributed by atoms with van der Waals surface area (Å²) in [5, 5.41) is 0. The Balaban J connectivity index is 2.75. The standard InChI is InChI=1S/C14H21O2/c1-5-11(3)15-13-9-7-8-10-14(13)16-12(4)6-2/h7-9,11-12H,5-6H2,1-4H3. The van der Waals surface area contributed by atoms with Crippen LogP contribution in [0.5, 0.6) is 11.5 Å². The molecule has 89 valence electrons. The smallest absolute Gasteiger partial charge is 0.169 e. The van der Waals surface area contributed by atoms with Crippen molar-refractivity contribution in [2.24, 2.45) is 0 Å². The van der Waals surface area contributed by atoms with Crippen LogP contribution in [0.3, 0.4) is 0 Å². The van der Waals surface area contributed by atoms with Gasteiger partial charge < -0.3 is 9.47 Å². The average Bonchev–Trinajstić information content (AvgIpc) is 2.31. The lowest BCUT2D eigenvalue weighted by atomic mass is 10.2. The van der Waals surface area contributed by atoms with Crippen LogP contribution in [0.4, 0.5) is 0 Å². The third-order valence-electron chi connectivity index (χ3n) is 2.58. The van der Waals surface area contributed by atoms with Crippen LogP contribution >= 0.6 is 0 Å². The monoisotopic (exact) mass is 221 g/mol. The Morgan fingerprint density at radius 1 is 1.12 bits per heavy atom. The molecule has 0 aromatic heterocycles. The zero-order valence-electron chi connectivity index (χ0n) is 10.6. The molecule has 0 fully saturated rings. The van der Waals surface area contributed by atoms with Gasteiger partial charge in [0.25, 0.3) is 0 Å². The van der Waals surface area contributed by atoms with E-state index in [0.717, 1.165) is 24.3 Å². The first-order valence-electron chi connectivity index (χ1n) is 6.01. The molecule has 0 bridgehead atoms. The van der Waals surface area contributed by atoms with E-state index in [1.54, 1.807) is 0 Å². The summed E-state index contributed by atoms with van der Waals surface area (Å²) in [4.78, 5) is 0. The van der Waals surface area contributed by atoms with Crippen molar-refractivity contribution in [1.82, 2.24) is 0 Å². The highest BCUT2D eigenvalue weighted by Crippen LogP contribution is 2.28. The van der Waals surface area contributed by atoms with Crippen LogP contribution in [0.25, 0.3) is 0 Å². The number of ether oxygens (including phenoxy) is 2. The summed E-state index contributed by atoms with van der Waals surface area (Å²) in [6.07, 6.45) is 2.36. The first-order valence-corrected chi connectivity index (χ1v) is 6.01. The van der Waals surface area contributed by atoms with Crippen molar-refractivity contribution < 1.29 is 9.47 Å². The summed E-state index contributed by atoms with van der Waals surface area (Å²) in [6, 6.07) is 8.78. The molecular formula is C14H21O2. The maximum atomic E-state index is 5.78. The van der Waals surface area contributed by atoms with Crippen LogP contribution in [0.15, 0.2) is 18.2 Å². The van der Waals surface area contributed by atoms with Gasteiger partial charge in [0.2, 0.25) is 0 Å². The van der Waals surface area contributed by atoms with Crippen molar-refractivity contribution in [3.8, 4) is 11.5 Å². The lowest BCUT2D eigenvalue weighted by Crippen LogP contribution is -2.14. The Hall–Kier alpha value is -1.18. The maximum absolute atomic E-state index is 5.78. The van der Waals surface area contributed by atoms with E-state index in [1.807, 2.05) is 25.1 Å². The molecule has 1 aromatic carbocycles. The second kappa shape index (κ2) is 6.41. The molecule has 2 nitrogen and oxygen atoms in total. The van der Waals surface area contributed by atoms with Gasteiger partial charge in [0.1, 0.15) is 0 Å². The van der Waals surface area contributed by atoms with Gasteiger partial charge in [-0.3, -0.25) is 0 Å². The summed E-state index contributed by atoms with van der Waals surface area (Å²) in [5.74, 6) is 1.51. The minimum absolute atomic E-state index is 0.193. The zero-order chi connectivity index (χ0) is 12.0. The topological polar surface area (TPSA) is 18.5 Å². The lowest BCUT2D eigenvalue weighted by molar-refractivity contribution is 0.176. The molecule has 0 spiro atoms. The van der Waals surface area contributed by atoms with Crippen LogP contribution in [0, 0.1) is 6.07 Å². The summed E-state index contributed by atoms with van der Waals surface area (Å²) < 4.78 is 11.5. The van der Waals surface area contributed by atoms with E-state index in [4.69, 9.17) is 9.47 Å². The summed E-state index contributed by atoms with van der Waals surface area (Å²) in [5.41, 5.74) is 0. The second-order valence-electron chi connectivity index (χ2n) is 4.04. The van der Waals surface area contributed by atoms with Crippen LogP contribution in [-0.4, -0.2) is 12.2 Å². The highest BCUT2D eigenvalue weighted by atomic mass is 16.5. The van der Waals surface area contributed by atoms with E-state index in [2.05, 4.69) is 26.8 Å². The normalized spacial score (nSPS) is 14.2. The molecule has 2 unspecified atom stereocenters. The SMILES string of the molecule is CCC(C)Oc1[c]cccc1OC(C)CC. The van der Waals surface area contributed by atoms with Crippen molar-refractivity contribution >= 4 is 0 Å². The van der Waals surface area contributed by atoms with E-state index in [1.165, 1.54) is 0 Å². The average molecular weight is 221 g/mol. The minimum Gasteiger partial charge on any atom is -0.487 e. The van der Waals surface area contributed by atoms with Gasteiger partial charge in [0, 0.05) is 6.07 Å². The summed E-state index contributed by atoms with van der Waals surface area (Å²) in [6.45, 7) is 8.31. The third-order valence-corrected chi connectivity index (χ3v) is 2.58. The molecule has 0 aliphatic rings. The largest absolute Gasteiger partial charge is 0.487 e. The Morgan fingerprint density at radius 2 is 1.75 bits per heavy atom. The number of rotatable bonds is 6. The van der Waals surface area contributed by atoms with E-state index < -0.39 is 0 Å². The molecule has 1 radical (unpaired) electrons. The van der Waals surface area contributed by atoms with Crippen molar-refractivity contribution in [2.45, 2.75) is 52.7 Å². The quantitative estimate of drug-likeness (QED) is 0.726. The number of hydrogen-bond acceptors (Lipinski definition) is 2. The Kier molecular flexibility index (Phi) is 5.17. The Morgan fingerprint density at radius 3 is 2.38 bits per heavy atom. The van der Waals surface area contributed by atoms with Gasteiger partial charge >= 0.3 is 0 Å². The van der Waals surface area contributed by atoms with Gasteiger partial charge in [-0.25, -0.2) is 0 Å². The van der Waals surface area contributed by atoms with Crippen molar-refractivity contribution in [1.29, 1.82) is 0 Å². The zero-order valence-corrected chi connectivity index (χ0v) is 10.6. The number of para-hydroxylation sites is 1. The number of benzene rings is 1. The van der Waals surface area contributed by atoms with E-state index >= 15 is 0 Å². The first-order chi connectivity index (χ1) is 7.67. The molecular weight excluding hydrogens is 200 g/mol. The molecule has 0 aliphatic carbocycles. The fraction of sp³-hybridized carbons (Fsp3) is 0.571. The van der Waals surface area contributed by atoms with Crippen LogP contribution < -0.4 is 9.47 Å². The molecule has 0 N–H and O–H groups in total.